The topological polar surface area (TPSA) is 29.5 Å². The summed E-state index contributed by atoms with van der Waals surface area (Å²) in [5, 5.41) is 9.50. The Kier molecular flexibility index (Phi) is 1.77. The van der Waals surface area contributed by atoms with Crippen LogP contribution in [0.1, 0.15) is 18.4 Å². The van der Waals surface area contributed by atoms with Crippen molar-refractivity contribution in [3.8, 4) is 5.75 Å². The molecule has 0 aliphatic carbocycles. The number of aliphatic hydroxyl groups is 1. The molecule has 0 saturated carbocycles. The van der Waals surface area contributed by atoms with Gasteiger partial charge in [0, 0.05) is 5.92 Å². The summed E-state index contributed by atoms with van der Waals surface area (Å²) in [5.41, 5.74) is 1.11. The third-order valence-corrected chi connectivity index (χ3v) is 2.40. The van der Waals surface area contributed by atoms with E-state index in [4.69, 9.17) is 4.74 Å². The minimum Gasteiger partial charge on any atom is -0.491 e. The average Bonchev–Trinajstić information content (AvgIpc) is 2.12. The molecule has 1 N–H and O–H groups in total. The Morgan fingerprint density at radius 3 is 3.00 bits per heavy atom. The molecule has 0 aromatic heterocycles. The van der Waals surface area contributed by atoms with Gasteiger partial charge in [-0.3, -0.25) is 0 Å². The van der Waals surface area contributed by atoms with Crippen molar-refractivity contribution >= 4 is 0 Å². The molecule has 12 heavy (non-hydrogen) atoms. The van der Waals surface area contributed by atoms with Gasteiger partial charge in [0.25, 0.3) is 0 Å². The molecule has 1 heterocycles. The Bertz CT molecular complexity index is 283. The second-order valence-electron chi connectivity index (χ2n) is 3.20. The van der Waals surface area contributed by atoms with E-state index in [2.05, 4.69) is 0 Å². The van der Waals surface area contributed by atoms with Gasteiger partial charge in [-0.05, 0) is 11.6 Å². The molecule has 0 fully saturated rings. The van der Waals surface area contributed by atoms with Crippen LogP contribution in [-0.2, 0) is 0 Å². The molecule has 0 spiro atoms. The maximum atomic E-state index is 9.50. The van der Waals surface area contributed by atoms with E-state index in [1.54, 1.807) is 0 Å². The van der Waals surface area contributed by atoms with Crippen molar-refractivity contribution in [2.24, 2.45) is 0 Å². The van der Waals surface area contributed by atoms with Gasteiger partial charge in [-0.15, -0.1) is 0 Å². The molecule has 2 heteroatoms. The van der Waals surface area contributed by atoms with Gasteiger partial charge in [0.15, 0.2) is 0 Å². The monoisotopic (exact) mass is 164 g/mol. The summed E-state index contributed by atoms with van der Waals surface area (Å²) in [4.78, 5) is 0. The van der Waals surface area contributed by atoms with Crippen LogP contribution in [0.3, 0.4) is 0 Å². The van der Waals surface area contributed by atoms with E-state index < -0.39 is 0 Å². The number of aliphatic hydroxyl groups excluding tert-OH is 1. The summed E-state index contributed by atoms with van der Waals surface area (Å²) in [7, 11) is 0. The molecule has 1 aliphatic rings. The zero-order valence-electron chi connectivity index (χ0n) is 7.03. The lowest BCUT2D eigenvalue weighted by Crippen LogP contribution is -2.28. The van der Waals surface area contributed by atoms with Crippen molar-refractivity contribution in [1.82, 2.24) is 0 Å². The summed E-state index contributed by atoms with van der Waals surface area (Å²) in [6.45, 7) is 2.43. The normalized spacial score (nSPS) is 27.5. The fourth-order valence-corrected chi connectivity index (χ4v) is 1.51. The van der Waals surface area contributed by atoms with Gasteiger partial charge in [0.05, 0.1) is 6.10 Å². The number of hydrogen-bond acceptors (Lipinski definition) is 2. The van der Waals surface area contributed by atoms with E-state index in [9.17, 15) is 5.11 Å². The smallest absolute Gasteiger partial charge is 0.122 e. The molecule has 64 valence electrons. The molecule has 0 radical (unpaired) electrons. The molecule has 1 aromatic rings. The minimum atomic E-state index is -0.361. The van der Waals surface area contributed by atoms with E-state index in [1.165, 1.54) is 0 Å². The standard InChI is InChI=1S/C10H12O2/c1-7-8-4-2-3-5-10(8)12-6-9(7)11/h2-5,7,9,11H,6H2,1H3/t7-,9+/m0/s1. The summed E-state index contributed by atoms with van der Waals surface area (Å²) < 4.78 is 5.36. The lowest BCUT2D eigenvalue weighted by Gasteiger charge is -2.27. The maximum absolute atomic E-state index is 9.50. The van der Waals surface area contributed by atoms with Crippen molar-refractivity contribution in [1.29, 1.82) is 0 Å². The lowest BCUT2D eigenvalue weighted by atomic mass is 9.93. The Morgan fingerprint density at radius 2 is 2.17 bits per heavy atom. The summed E-state index contributed by atoms with van der Waals surface area (Å²) in [6, 6.07) is 7.86. The Labute approximate surface area is 71.8 Å². The number of hydrogen-bond donors (Lipinski definition) is 1. The number of fused-ring (bicyclic) bond motifs is 1. The largest absolute Gasteiger partial charge is 0.491 e. The molecular formula is C10H12O2. The SMILES string of the molecule is C[C@H]1c2ccccc2OC[C@H]1O. The fraction of sp³-hybridized carbons (Fsp3) is 0.400. The predicted octanol–water partition coefficient (Wildman–Crippen LogP) is 1.54. The van der Waals surface area contributed by atoms with E-state index in [0.717, 1.165) is 11.3 Å². The van der Waals surface area contributed by atoms with Gasteiger partial charge < -0.3 is 9.84 Å². The van der Waals surface area contributed by atoms with Gasteiger partial charge in [-0.25, -0.2) is 0 Å². The molecule has 0 amide bonds. The number of para-hydroxylation sites is 1. The van der Waals surface area contributed by atoms with Crippen LogP contribution >= 0.6 is 0 Å². The molecule has 2 atom stereocenters. The second kappa shape index (κ2) is 2.79. The van der Waals surface area contributed by atoms with Gasteiger partial charge in [-0.2, -0.15) is 0 Å². The van der Waals surface area contributed by atoms with Crippen molar-refractivity contribution in [2.75, 3.05) is 6.61 Å². The Morgan fingerprint density at radius 1 is 1.42 bits per heavy atom. The third-order valence-electron chi connectivity index (χ3n) is 2.40. The van der Waals surface area contributed by atoms with E-state index in [-0.39, 0.29) is 12.0 Å². The van der Waals surface area contributed by atoms with Crippen LogP contribution in [0.25, 0.3) is 0 Å². The van der Waals surface area contributed by atoms with Crippen LogP contribution in [0.4, 0.5) is 0 Å². The quantitative estimate of drug-likeness (QED) is 0.630. The van der Waals surface area contributed by atoms with Crippen LogP contribution in [0, 0.1) is 0 Å². The summed E-state index contributed by atoms with van der Waals surface area (Å²) in [6.07, 6.45) is -0.361. The van der Waals surface area contributed by atoms with Crippen molar-refractivity contribution in [2.45, 2.75) is 18.9 Å². The van der Waals surface area contributed by atoms with Gasteiger partial charge >= 0.3 is 0 Å². The van der Waals surface area contributed by atoms with Crippen LogP contribution < -0.4 is 4.74 Å². The van der Waals surface area contributed by atoms with Crippen molar-refractivity contribution in [3.63, 3.8) is 0 Å². The number of benzene rings is 1. The van der Waals surface area contributed by atoms with Crippen molar-refractivity contribution < 1.29 is 9.84 Å². The van der Waals surface area contributed by atoms with Gasteiger partial charge in [0.2, 0.25) is 0 Å². The fourth-order valence-electron chi connectivity index (χ4n) is 1.51. The average molecular weight is 164 g/mol. The molecule has 2 nitrogen and oxygen atoms in total. The minimum absolute atomic E-state index is 0.190. The van der Waals surface area contributed by atoms with Gasteiger partial charge in [0.1, 0.15) is 12.4 Å². The third kappa shape index (κ3) is 1.08. The first-order chi connectivity index (χ1) is 5.79. The highest BCUT2D eigenvalue weighted by molar-refractivity contribution is 5.38. The van der Waals surface area contributed by atoms with Crippen LogP contribution in [-0.4, -0.2) is 17.8 Å². The van der Waals surface area contributed by atoms with E-state index in [1.807, 2.05) is 31.2 Å². The van der Waals surface area contributed by atoms with E-state index in [0.29, 0.717) is 6.61 Å². The van der Waals surface area contributed by atoms with Crippen LogP contribution in [0.15, 0.2) is 24.3 Å². The second-order valence-corrected chi connectivity index (χ2v) is 3.20. The summed E-state index contributed by atoms with van der Waals surface area (Å²) >= 11 is 0. The van der Waals surface area contributed by atoms with E-state index >= 15 is 0 Å². The molecule has 0 unspecified atom stereocenters. The molecule has 0 saturated heterocycles. The zero-order valence-corrected chi connectivity index (χ0v) is 7.03. The molecule has 1 aromatic carbocycles. The molecule has 0 bridgehead atoms. The van der Waals surface area contributed by atoms with Crippen LogP contribution in [0.5, 0.6) is 5.75 Å². The molecule has 2 rings (SSSR count). The zero-order chi connectivity index (χ0) is 8.55. The number of rotatable bonds is 0. The Hall–Kier alpha value is -1.02. The Balaban J connectivity index is 2.42. The predicted molar refractivity (Wildman–Crippen MR) is 46.4 cm³/mol. The number of ether oxygens (including phenoxy) is 1. The first-order valence-electron chi connectivity index (χ1n) is 4.19. The highest BCUT2D eigenvalue weighted by Gasteiger charge is 2.24. The highest BCUT2D eigenvalue weighted by atomic mass is 16.5. The van der Waals surface area contributed by atoms with Crippen molar-refractivity contribution in [3.05, 3.63) is 29.8 Å². The first-order valence-corrected chi connectivity index (χ1v) is 4.19. The summed E-state index contributed by atoms with van der Waals surface area (Å²) in [5.74, 6) is 1.10. The highest BCUT2D eigenvalue weighted by Crippen LogP contribution is 2.32. The molecular weight excluding hydrogens is 152 g/mol. The maximum Gasteiger partial charge on any atom is 0.122 e. The van der Waals surface area contributed by atoms with Crippen LogP contribution in [0.2, 0.25) is 0 Å². The molecule has 1 aliphatic heterocycles. The van der Waals surface area contributed by atoms with Gasteiger partial charge in [-0.1, -0.05) is 25.1 Å². The first kappa shape index (κ1) is 7.62. The lowest BCUT2D eigenvalue weighted by molar-refractivity contribution is 0.0714.